The number of carboxylic acids is 1. The van der Waals surface area contributed by atoms with E-state index in [2.05, 4.69) is 5.43 Å². The standard InChI is InChI=1S/C12H14N2O.C10H14F6O2/c1-13-14(2)11-7-8-12(15)10-6-4-3-5-9(10)11;1-2-3-4-5-6-8(11,12)10(15,16)9(13,14)7(17)18/h3-8,13,15H,1-2H3;2-6H2,1H3,(H,17,18). The summed E-state index contributed by atoms with van der Waals surface area (Å²) in [5.74, 6) is -19.7. The van der Waals surface area contributed by atoms with Gasteiger partial charge in [-0.15, -0.1) is 0 Å². The van der Waals surface area contributed by atoms with Crippen molar-refractivity contribution in [1.29, 1.82) is 0 Å². The third-order valence-electron chi connectivity index (χ3n) is 5.04. The van der Waals surface area contributed by atoms with Gasteiger partial charge in [0.15, 0.2) is 0 Å². The lowest BCUT2D eigenvalue weighted by Crippen LogP contribution is -2.57. The number of hydrogen-bond acceptors (Lipinski definition) is 4. The highest BCUT2D eigenvalue weighted by molar-refractivity contribution is 5.97. The molecular formula is C22H28F6N2O3. The number of halogens is 6. The molecule has 0 fully saturated rings. The van der Waals surface area contributed by atoms with Crippen LogP contribution in [0.2, 0.25) is 0 Å². The van der Waals surface area contributed by atoms with Crippen LogP contribution in [-0.2, 0) is 4.79 Å². The van der Waals surface area contributed by atoms with Crippen molar-refractivity contribution in [3.8, 4) is 5.75 Å². The van der Waals surface area contributed by atoms with E-state index in [1.165, 1.54) is 0 Å². The highest BCUT2D eigenvalue weighted by atomic mass is 19.3. The van der Waals surface area contributed by atoms with Crippen molar-refractivity contribution in [3.63, 3.8) is 0 Å². The number of phenols is 1. The molecule has 3 N–H and O–H groups in total. The lowest BCUT2D eigenvalue weighted by Gasteiger charge is -2.30. The summed E-state index contributed by atoms with van der Waals surface area (Å²) in [4.78, 5) is 9.93. The number of aromatic hydroxyl groups is 1. The fraction of sp³-hybridized carbons (Fsp3) is 0.500. The molecule has 33 heavy (non-hydrogen) atoms. The molecule has 0 bridgehead atoms. The van der Waals surface area contributed by atoms with Gasteiger partial charge in [-0.25, -0.2) is 10.2 Å². The highest BCUT2D eigenvalue weighted by Crippen LogP contribution is 2.48. The first kappa shape index (κ1) is 28.3. The minimum absolute atomic E-state index is 0.195. The molecule has 0 saturated heterocycles. The van der Waals surface area contributed by atoms with E-state index >= 15 is 0 Å². The number of fused-ring (bicyclic) bond motifs is 1. The number of carboxylic acid groups (broad SMARTS) is 1. The van der Waals surface area contributed by atoms with E-state index in [1.807, 2.05) is 49.4 Å². The van der Waals surface area contributed by atoms with Gasteiger partial charge in [-0.3, -0.25) is 0 Å². The number of unbranched alkanes of at least 4 members (excludes halogenated alkanes) is 3. The Morgan fingerprint density at radius 1 is 0.970 bits per heavy atom. The summed E-state index contributed by atoms with van der Waals surface area (Å²) >= 11 is 0. The molecule has 0 amide bonds. The molecule has 2 aromatic rings. The lowest BCUT2D eigenvalue weighted by atomic mass is 9.98. The molecule has 0 aliphatic heterocycles. The van der Waals surface area contributed by atoms with E-state index < -0.39 is 30.2 Å². The number of phenolic OH excluding ortho intramolecular Hbond substituents is 1. The lowest BCUT2D eigenvalue weighted by molar-refractivity contribution is -0.305. The molecule has 0 aliphatic carbocycles. The fourth-order valence-corrected chi connectivity index (χ4v) is 2.97. The zero-order valence-electron chi connectivity index (χ0n) is 18.5. The first-order valence-electron chi connectivity index (χ1n) is 10.2. The third-order valence-corrected chi connectivity index (χ3v) is 5.04. The average molecular weight is 482 g/mol. The summed E-state index contributed by atoms with van der Waals surface area (Å²) in [5.41, 5.74) is 4.09. The molecule has 11 heteroatoms. The van der Waals surface area contributed by atoms with E-state index in [1.54, 1.807) is 13.0 Å². The minimum atomic E-state index is -5.90. The number of rotatable bonds is 10. The number of benzene rings is 2. The van der Waals surface area contributed by atoms with Crippen molar-refractivity contribution in [2.24, 2.45) is 0 Å². The van der Waals surface area contributed by atoms with Crippen LogP contribution < -0.4 is 10.4 Å². The second-order valence-electron chi connectivity index (χ2n) is 7.40. The van der Waals surface area contributed by atoms with Crippen molar-refractivity contribution in [3.05, 3.63) is 36.4 Å². The Bertz CT molecular complexity index is 924. The molecule has 186 valence electrons. The van der Waals surface area contributed by atoms with E-state index in [9.17, 15) is 36.2 Å². The van der Waals surface area contributed by atoms with Gasteiger partial charge in [0.2, 0.25) is 0 Å². The quantitative estimate of drug-likeness (QED) is 0.218. The van der Waals surface area contributed by atoms with Gasteiger partial charge in [-0.1, -0.05) is 50.5 Å². The zero-order valence-corrected chi connectivity index (χ0v) is 18.5. The Labute approximate surface area is 188 Å². The van der Waals surface area contributed by atoms with Crippen molar-refractivity contribution in [2.45, 2.75) is 56.8 Å². The molecular weight excluding hydrogens is 454 g/mol. The number of anilines is 1. The summed E-state index contributed by atoms with van der Waals surface area (Å²) in [6.45, 7) is 1.76. The van der Waals surface area contributed by atoms with E-state index in [0.717, 1.165) is 16.5 Å². The van der Waals surface area contributed by atoms with Crippen LogP contribution >= 0.6 is 0 Å². The van der Waals surface area contributed by atoms with Crippen LogP contribution in [0.15, 0.2) is 36.4 Å². The number of hydrazine groups is 1. The molecule has 0 unspecified atom stereocenters. The molecule has 0 aliphatic rings. The summed E-state index contributed by atoms with van der Waals surface area (Å²) in [6.07, 6.45) is -0.472. The Morgan fingerprint density at radius 3 is 2.06 bits per heavy atom. The van der Waals surface area contributed by atoms with Crippen LogP contribution in [0.1, 0.15) is 39.0 Å². The third kappa shape index (κ3) is 6.43. The van der Waals surface area contributed by atoms with Crippen LogP contribution in [0, 0.1) is 0 Å². The number of hydrogen-bond donors (Lipinski definition) is 3. The Balaban J connectivity index is 0.000000334. The van der Waals surface area contributed by atoms with Gasteiger partial charge in [-0.2, -0.15) is 26.3 Å². The van der Waals surface area contributed by atoms with Gasteiger partial charge in [0, 0.05) is 31.3 Å². The van der Waals surface area contributed by atoms with Gasteiger partial charge in [0.1, 0.15) is 5.75 Å². The highest BCUT2D eigenvalue weighted by Gasteiger charge is 2.74. The van der Waals surface area contributed by atoms with Crippen molar-refractivity contribution in [1.82, 2.24) is 5.43 Å². The minimum Gasteiger partial charge on any atom is -0.507 e. The molecule has 0 atom stereocenters. The summed E-state index contributed by atoms with van der Waals surface area (Å²) in [6, 6.07) is 11.4. The average Bonchev–Trinajstić information content (AvgIpc) is 2.76. The number of nitrogens with zero attached hydrogens (tertiary/aromatic N) is 1. The van der Waals surface area contributed by atoms with E-state index in [0.29, 0.717) is 18.6 Å². The van der Waals surface area contributed by atoms with Crippen molar-refractivity contribution < 1.29 is 41.4 Å². The van der Waals surface area contributed by atoms with E-state index in [-0.39, 0.29) is 12.8 Å². The molecule has 0 spiro atoms. The largest absolute Gasteiger partial charge is 0.507 e. The van der Waals surface area contributed by atoms with E-state index in [4.69, 9.17) is 5.11 Å². The predicted molar refractivity (Wildman–Crippen MR) is 114 cm³/mol. The molecule has 0 saturated carbocycles. The van der Waals surface area contributed by atoms with Crippen LogP contribution in [0.3, 0.4) is 0 Å². The van der Waals surface area contributed by atoms with Crippen molar-refractivity contribution in [2.75, 3.05) is 19.1 Å². The maximum Gasteiger partial charge on any atom is 0.410 e. The molecule has 0 aromatic heterocycles. The fourth-order valence-electron chi connectivity index (χ4n) is 2.97. The molecule has 2 aromatic carbocycles. The van der Waals surface area contributed by atoms with Crippen molar-refractivity contribution >= 4 is 22.4 Å². The van der Waals surface area contributed by atoms with Gasteiger partial charge < -0.3 is 15.2 Å². The first-order valence-corrected chi connectivity index (χ1v) is 10.2. The van der Waals surface area contributed by atoms with Gasteiger partial charge in [0.05, 0.1) is 5.69 Å². The summed E-state index contributed by atoms with van der Waals surface area (Å²) in [5, 5.41) is 21.4. The number of aliphatic carboxylic acids is 1. The predicted octanol–water partition coefficient (Wildman–Crippen LogP) is 6.06. The van der Waals surface area contributed by atoms with Gasteiger partial charge >= 0.3 is 23.7 Å². The molecule has 0 radical (unpaired) electrons. The normalized spacial score (nSPS) is 12.3. The number of nitrogens with one attached hydrogen (secondary N) is 1. The SMILES string of the molecule is CCCCCCC(F)(F)C(F)(F)C(F)(F)C(=O)O.CNN(C)c1ccc(O)c2ccccc12. The molecule has 0 heterocycles. The molecule has 5 nitrogen and oxygen atoms in total. The Kier molecular flexibility index (Phi) is 9.83. The maximum absolute atomic E-state index is 13.0. The van der Waals surface area contributed by atoms with Crippen LogP contribution in [0.25, 0.3) is 10.8 Å². The maximum atomic E-state index is 13.0. The van der Waals surface area contributed by atoms with Crippen LogP contribution in [0.5, 0.6) is 5.75 Å². The van der Waals surface area contributed by atoms with Crippen LogP contribution in [-0.4, -0.2) is 48.0 Å². The topological polar surface area (TPSA) is 72.8 Å². The van der Waals surface area contributed by atoms with Crippen LogP contribution in [0.4, 0.5) is 32.0 Å². The Morgan fingerprint density at radius 2 is 1.55 bits per heavy atom. The summed E-state index contributed by atoms with van der Waals surface area (Å²) < 4.78 is 76.8. The second kappa shape index (κ2) is 11.4. The Hall–Kier alpha value is -2.69. The van der Waals surface area contributed by atoms with Gasteiger partial charge in [0.25, 0.3) is 0 Å². The smallest absolute Gasteiger partial charge is 0.410 e. The first-order chi connectivity index (χ1) is 15.2. The number of alkyl halides is 6. The monoisotopic (exact) mass is 482 g/mol. The van der Waals surface area contributed by atoms with Gasteiger partial charge in [-0.05, 0) is 18.6 Å². The molecule has 2 rings (SSSR count). The zero-order chi connectivity index (χ0) is 25.4. The second-order valence-corrected chi connectivity index (χ2v) is 7.40. The summed E-state index contributed by atoms with van der Waals surface area (Å²) in [7, 11) is 3.81. The number of carbonyl (C=O) groups is 1.